The van der Waals surface area contributed by atoms with Crippen molar-refractivity contribution in [2.45, 2.75) is 70.2 Å². The van der Waals surface area contributed by atoms with Crippen molar-refractivity contribution >= 4 is 27.4 Å². The van der Waals surface area contributed by atoms with Gasteiger partial charge < -0.3 is 10.1 Å². The molecule has 1 aliphatic carbocycles. The van der Waals surface area contributed by atoms with Crippen molar-refractivity contribution in [2.75, 3.05) is 12.5 Å². The van der Waals surface area contributed by atoms with Gasteiger partial charge in [-0.3, -0.25) is 9.69 Å². The molecule has 2 bridgehead atoms. The second-order valence-electron chi connectivity index (χ2n) is 11.6. The van der Waals surface area contributed by atoms with Crippen LogP contribution in [0.4, 0.5) is 14.9 Å². The molecular formula is C29H35FN4O4S. The summed E-state index contributed by atoms with van der Waals surface area (Å²) in [5.41, 5.74) is 1.46. The van der Waals surface area contributed by atoms with E-state index in [0.29, 0.717) is 16.8 Å². The third kappa shape index (κ3) is 6.95. The zero-order valence-corrected chi connectivity index (χ0v) is 23.8. The minimum atomic E-state index is -2.34. The summed E-state index contributed by atoms with van der Waals surface area (Å²) in [6.45, 7) is 5.33. The summed E-state index contributed by atoms with van der Waals surface area (Å²) in [4.78, 5) is 27.7. The Kier molecular flexibility index (Phi) is 8.03. The van der Waals surface area contributed by atoms with Gasteiger partial charge in [0.2, 0.25) is 5.91 Å². The molecule has 4 atom stereocenters. The van der Waals surface area contributed by atoms with Crippen molar-refractivity contribution in [2.24, 2.45) is 10.3 Å². The molecule has 0 aromatic heterocycles. The third-order valence-electron chi connectivity index (χ3n) is 6.91. The number of fused-ring (bicyclic) bond motifs is 2. The molecule has 0 unspecified atom stereocenters. The van der Waals surface area contributed by atoms with Crippen LogP contribution < -0.4 is 5.32 Å². The first-order chi connectivity index (χ1) is 18.2. The molecule has 1 saturated carbocycles. The van der Waals surface area contributed by atoms with E-state index in [1.165, 1.54) is 11.0 Å². The number of nitriles is 1. The van der Waals surface area contributed by atoms with E-state index in [9.17, 15) is 19.1 Å². The van der Waals surface area contributed by atoms with Crippen LogP contribution in [0.1, 0.15) is 45.6 Å². The number of hydrogen-bond donors (Lipinski definition) is 1. The van der Waals surface area contributed by atoms with Gasteiger partial charge in [0.15, 0.2) is 0 Å². The van der Waals surface area contributed by atoms with Crippen LogP contribution in [0.15, 0.2) is 46.8 Å². The third-order valence-corrected chi connectivity index (χ3v) is 7.56. The second kappa shape index (κ2) is 11.0. The average Bonchev–Trinajstić information content (AvgIpc) is 3.45. The molecule has 1 N–H and O–H groups in total. The maximum atomic E-state index is 15.1. The smallest absolute Gasteiger partial charge is 0.411 e. The molecule has 2 aliphatic rings. The number of halogens is 1. The summed E-state index contributed by atoms with van der Waals surface area (Å²) in [5, 5.41) is 12.5. The molecule has 2 aromatic carbocycles. The lowest BCUT2D eigenvalue weighted by Crippen LogP contribution is -2.55. The minimum absolute atomic E-state index is 0.00849. The van der Waals surface area contributed by atoms with E-state index >= 15 is 4.39 Å². The molecule has 0 radical (unpaired) electrons. The Morgan fingerprint density at radius 3 is 2.56 bits per heavy atom. The SMILES string of the molecule is CC(C)(C)OC(=O)N1[C@@H]2CC[C@@H](C2)[C@H]1C(=O)N[C@H](C#N)Cc1ccc(-c2cccc(N=S(C)(C)=O)c2)cc1F. The molecule has 2 amide bonds. The van der Waals surface area contributed by atoms with Crippen LogP contribution in [0.3, 0.4) is 0 Å². The van der Waals surface area contributed by atoms with Crippen LogP contribution in [0.25, 0.3) is 11.1 Å². The zero-order chi connectivity index (χ0) is 28.5. The van der Waals surface area contributed by atoms with Gasteiger partial charge in [-0.25, -0.2) is 13.4 Å². The first-order valence-corrected chi connectivity index (χ1v) is 15.3. The fourth-order valence-corrected chi connectivity index (χ4v) is 6.02. The predicted octanol–water partition coefficient (Wildman–Crippen LogP) is 5.19. The van der Waals surface area contributed by atoms with E-state index in [-0.39, 0.29) is 23.9 Å². The maximum Gasteiger partial charge on any atom is 0.411 e. The molecule has 2 fully saturated rings. The number of carbonyl (C=O) groups excluding carboxylic acids is 2. The Balaban J connectivity index is 1.47. The van der Waals surface area contributed by atoms with Gasteiger partial charge in [0.25, 0.3) is 0 Å². The fourth-order valence-electron chi connectivity index (χ4n) is 5.40. The number of ether oxygens (including phenoxy) is 1. The number of hydrogen-bond acceptors (Lipinski definition) is 6. The van der Waals surface area contributed by atoms with Crippen molar-refractivity contribution in [3.05, 3.63) is 53.8 Å². The van der Waals surface area contributed by atoms with Crippen molar-refractivity contribution in [3.63, 3.8) is 0 Å². The minimum Gasteiger partial charge on any atom is -0.444 e. The lowest BCUT2D eigenvalue weighted by Gasteiger charge is -2.35. The molecule has 1 saturated heterocycles. The number of nitrogens with one attached hydrogen (secondary N) is 1. The molecule has 8 nitrogen and oxygen atoms in total. The summed E-state index contributed by atoms with van der Waals surface area (Å²) < 4.78 is 36.9. The molecular weight excluding hydrogens is 519 g/mol. The molecule has 10 heteroatoms. The summed E-state index contributed by atoms with van der Waals surface area (Å²) >= 11 is 0. The number of likely N-dealkylation sites (tertiary alicyclic amines) is 1. The van der Waals surface area contributed by atoms with Gasteiger partial charge in [0, 0.05) is 34.7 Å². The van der Waals surface area contributed by atoms with Crippen LogP contribution >= 0.6 is 0 Å². The summed E-state index contributed by atoms with van der Waals surface area (Å²) in [6.07, 6.45) is 4.92. The van der Waals surface area contributed by atoms with Crippen molar-refractivity contribution in [1.82, 2.24) is 10.2 Å². The quantitative estimate of drug-likeness (QED) is 0.528. The Bertz CT molecular complexity index is 1430. The van der Waals surface area contributed by atoms with Crippen LogP contribution in [0.5, 0.6) is 0 Å². The van der Waals surface area contributed by atoms with Gasteiger partial charge in [-0.05, 0) is 80.8 Å². The van der Waals surface area contributed by atoms with E-state index in [1.807, 2.05) is 6.07 Å². The van der Waals surface area contributed by atoms with E-state index in [1.54, 1.807) is 63.6 Å². The van der Waals surface area contributed by atoms with Crippen LogP contribution in [0, 0.1) is 23.1 Å². The van der Waals surface area contributed by atoms with Crippen LogP contribution in [0.2, 0.25) is 0 Å². The van der Waals surface area contributed by atoms with Crippen molar-refractivity contribution in [1.29, 1.82) is 5.26 Å². The van der Waals surface area contributed by atoms with Gasteiger partial charge in [0.05, 0.1) is 11.8 Å². The Hall–Kier alpha value is -3.45. The number of rotatable bonds is 6. The van der Waals surface area contributed by atoms with Crippen molar-refractivity contribution in [3.8, 4) is 17.2 Å². The van der Waals surface area contributed by atoms with Crippen molar-refractivity contribution < 1.29 is 22.9 Å². The summed E-state index contributed by atoms with van der Waals surface area (Å²) in [5.74, 6) is -0.913. The lowest BCUT2D eigenvalue weighted by atomic mass is 9.97. The molecule has 208 valence electrons. The van der Waals surface area contributed by atoms with Gasteiger partial charge in [-0.2, -0.15) is 9.62 Å². The highest BCUT2D eigenvalue weighted by Crippen LogP contribution is 2.43. The van der Waals surface area contributed by atoms with E-state index < -0.39 is 45.2 Å². The topological polar surface area (TPSA) is 112 Å². The van der Waals surface area contributed by atoms with Crippen LogP contribution in [-0.4, -0.2) is 57.3 Å². The highest BCUT2D eigenvalue weighted by molar-refractivity contribution is 7.92. The largest absolute Gasteiger partial charge is 0.444 e. The Morgan fingerprint density at radius 2 is 1.92 bits per heavy atom. The summed E-state index contributed by atoms with van der Waals surface area (Å²) in [6, 6.07) is 12.1. The second-order valence-corrected chi connectivity index (χ2v) is 14.1. The standard InChI is InChI=1S/C29H35FN4O4S/c1-29(2,3)38-28(36)34-24-12-11-21(15-24)26(34)27(35)32-23(17-31)14-20-10-9-19(16-25(20)30)18-7-6-8-22(13-18)33-39(4,5)37/h6-10,13,16,21,23-24,26H,11-12,14-15H2,1-5H3,(H,32,35)/t21-,23-,24+,26-/m0/s1. The van der Waals surface area contributed by atoms with Crippen LogP contribution in [-0.2, 0) is 25.7 Å². The highest BCUT2D eigenvalue weighted by Gasteiger charge is 2.52. The molecule has 39 heavy (non-hydrogen) atoms. The normalized spacial score (nSPS) is 21.3. The first-order valence-electron chi connectivity index (χ1n) is 13.0. The van der Waals surface area contributed by atoms with E-state index in [4.69, 9.17) is 4.74 Å². The number of piperidine rings is 1. The van der Waals surface area contributed by atoms with Gasteiger partial charge in [0.1, 0.15) is 23.5 Å². The van der Waals surface area contributed by atoms with Gasteiger partial charge >= 0.3 is 6.09 Å². The lowest BCUT2D eigenvalue weighted by molar-refractivity contribution is -0.128. The summed E-state index contributed by atoms with van der Waals surface area (Å²) in [7, 11) is -2.34. The molecule has 2 aromatic rings. The Morgan fingerprint density at radius 1 is 1.21 bits per heavy atom. The molecule has 0 spiro atoms. The molecule has 1 aliphatic heterocycles. The number of carbonyl (C=O) groups is 2. The zero-order valence-electron chi connectivity index (χ0n) is 22.9. The van der Waals surface area contributed by atoms with E-state index in [0.717, 1.165) is 19.3 Å². The van der Waals surface area contributed by atoms with Gasteiger partial charge in [-0.15, -0.1) is 0 Å². The van der Waals surface area contributed by atoms with Gasteiger partial charge in [-0.1, -0.05) is 24.3 Å². The number of amides is 2. The maximum absolute atomic E-state index is 15.1. The molecule has 1 heterocycles. The number of nitrogens with zero attached hydrogens (tertiary/aromatic N) is 3. The monoisotopic (exact) mass is 554 g/mol. The highest BCUT2D eigenvalue weighted by atomic mass is 32.2. The number of benzene rings is 2. The first kappa shape index (κ1) is 28.6. The predicted molar refractivity (Wildman–Crippen MR) is 148 cm³/mol. The molecule has 4 rings (SSSR count). The Labute approximate surface area is 229 Å². The van der Waals surface area contributed by atoms with E-state index in [2.05, 4.69) is 15.7 Å². The fraction of sp³-hybridized carbons (Fsp3) is 0.483. The average molecular weight is 555 g/mol.